The molecule has 1 aromatic heterocycles. The van der Waals surface area contributed by atoms with Crippen molar-refractivity contribution in [3.05, 3.63) is 42.5 Å². The Hall–Kier alpha value is -1.66. The van der Waals surface area contributed by atoms with Crippen molar-refractivity contribution in [2.75, 3.05) is 6.26 Å². The van der Waals surface area contributed by atoms with Gasteiger partial charge in [0.05, 0.1) is 23.1 Å². The highest BCUT2D eigenvalue weighted by Gasteiger charge is 2.10. The van der Waals surface area contributed by atoms with Gasteiger partial charge in [-0.2, -0.15) is 0 Å². The summed E-state index contributed by atoms with van der Waals surface area (Å²) in [5.41, 5.74) is 7.56. The van der Waals surface area contributed by atoms with E-state index in [0.29, 0.717) is 4.90 Å². The zero-order chi connectivity index (χ0) is 13.3. The van der Waals surface area contributed by atoms with Gasteiger partial charge in [-0.25, -0.2) is 13.4 Å². The third kappa shape index (κ3) is 2.44. The van der Waals surface area contributed by atoms with Crippen LogP contribution in [0.5, 0.6) is 0 Å². The fraction of sp³-hybridized carbons (Fsp3) is 0.250. The van der Waals surface area contributed by atoms with E-state index in [2.05, 4.69) is 4.98 Å². The highest BCUT2D eigenvalue weighted by molar-refractivity contribution is 7.90. The lowest BCUT2D eigenvalue weighted by Gasteiger charge is -2.11. The van der Waals surface area contributed by atoms with Crippen LogP contribution in [0.4, 0.5) is 0 Å². The Kier molecular flexibility index (Phi) is 3.23. The molecule has 0 saturated heterocycles. The third-order valence-corrected chi connectivity index (χ3v) is 3.81. The van der Waals surface area contributed by atoms with E-state index in [-0.39, 0.29) is 6.04 Å². The molecule has 1 atom stereocenters. The zero-order valence-corrected chi connectivity index (χ0v) is 11.1. The fourth-order valence-corrected chi connectivity index (χ4v) is 2.34. The first-order valence-corrected chi connectivity index (χ1v) is 7.37. The molecule has 2 rings (SSSR count). The first-order valence-electron chi connectivity index (χ1n) is 5.48. The summed E-state index contributed by atoms with van der Waals surface area (Å²) in [6.45, 7) is 1.87. The second-order valence-corrected chi connectivity index (χ2v) is 6.26. The Bertz CT molecular complexity index is 642. The van der Waals surface area contributed by atoms with Crippen molar-refractivity contribution < 1.29 is 8.42 Å². The largest absolute Gasteiger partial charge is 0.323 e. The Morgan fingerprint density at radius 1 is 1.28 bits per heavy atom. The number of sulfone groups is 1. The van der Waals surface area contributed by atoms with Crippen LogP contribution >= 0.6 is 0 Å². The summed E-state index contributed by atoms with van der Waals surface area (Å²) < 4.78 is 24.6. The maximum atomic E-state index is 11.4. The van der Waals surface area contributed by atoms with Crippen LogP contribution in [0, 0.1) is 0 Å². The van der Waals surface area contributed by atoms with Crippen LogP contribution in [0.1, 0.15) is 18.7 Å². The Morgan fingerprint density at radius 2 is 1.89 bits per heavy atom. The molecule has 0 spiro atoms. The summed E-state index contributed by atoms with van der Waals surface area (Å²) in [5, 5.41) is 0. The highest BCUT2D eigenvalue weighted by Crippen LogP contribution is 2.18. The lowest BCUT2D eigenvalue weighted by Crippen LogP contribution is -2.10. The van der Waals surface area contributed by atoms with E-state index >= 15 is 0 Å². The Morgan fingerprint density at radius 3 is 2.39 bits per heavy atom. The number of benzene rings is 1. The minimum absolute atomic E-state index is 0.137. The minimum Gasteiger partial charge on any atom is -0.323 e. The van der Waals surface area contributed by atoms with Gasteiger partial charge in [0.1, 0.15) is 0 Å². The van der Waals surface area contributed by atoms with Crippen molar-refractivity contribution in [2.45, 2.75) is 17.9 Å². The highest BCUT2D eigenvalue weighted by atomic mass is 32.2. The number of hydrogen-bond donors (Lipinski definition) is 1. The van der Waals surface area contributed by atoms with Crippen LogP contribution in [-0.4, -0.2) is 24.2 Å². The summed E-state index contributed by atoms with van der Waals surface area (Å²) in [6.07, 6.45) is 4.55. The van der Waals surface area contributed by atoms with E-state index in [4.69, 9.17) is 5.73 Å². The van der Waals surface area contributed by atoms with Gasteiger partial charge in [-0.05, 0) is 31.2 Å². The Balaban J connectivity index is 2.44. The van der Waals surface area contributed by atoms with Crippen molar-refractivity contribution in [3.8, 4) is 5.69 Å². The lowest BCUT2D eigenvalue weighted by atomic mass is 10.2. The van der Waals surface area contributed by atoms with Gasteiger partial charge in [0.15, 0.2) is 9.84 Å². The smallest absolute Gasteiger partial charge is 0.175 e. The first kappa shape index (κ1) is 12.8. The van der Waals surface area contributed by atoms with Gasteiger partial charge in [0.2, 0.25) is 0 Å². The number of aromatic nitrogens is 2. The standard InChI is InChI=1S/C12H15N3O2S/c1-9(13)12-7-14-8-15(12)10-3-5-11(6-4-10)18(2,16)17/h3-9H,13H2,1-2H3/t9-/m0/s1. The molecular formula is C12H15N3O2S. The van der Waals surface area contributed by atoms with Gasteiger partial charge in [0.25, 0.3) is 0 Å². The molecule has 0 amide bonds. The average molecular weight is 265 g/mol. The molecule has 0 fully saturated rings. The van der Waals surface area contributed by atoms with E-state index in [9.17, 15) is 8.42 Å². The summed E-state index contributed by atoms with van der Waals surface area (Å²) in [6, 6.07) is 6.50. The molecule has 0 aliphatic rings. The van der Waals surface area contributed by atoms with Crippen LogP contribution < -0.4 is 5.73 Å². The van der Waals surface area contributed by atoms with Gasteiger partial charge in [-0.1, -0.05) is 0 Å². The van der Waals surface area contributed by atoms with Crippen LogP contribution in [0.2, 0.25) is 0 Å². The molecule has 96 valence electrons. The molecule has 1 heterocycles. The van der Waals surface area contributed by atoms with E-state index in [1.807, 2.05) is 11.5 Å². The van der Waals surface area contributed by atoms with E-state index in [0.717, 1.165) is 11.4 Å². The first-order chi connectivity index (χ1) is 8.39. The molecule has 0 radical (unpaired) electrons. The topological polar surface area (TPSA) is 78.0 Å². The maximum Gasteiger partial charge on any atom is 0.175 e. The van der Waals surface area contributed by atoms with E-state index in [1.165, 1.54) is 6.26 Å². The van der Waals surface area contributed by atoms with Crippen LogP contribution in [-0.2, 0) is 9.84 Å². The second kappa shape index (κ2) is 4.55. The fourth-order valence-electron chi connectivity index (χ4n) is 1.71. The SMILES string of the molecule is C[C@H](N)c1cncn1-c1ccc(S(C)(=O)=O)cc1. The summed E-state index contributed by atoms with van der Waals surface area (Å²) in [7, 11) is -3.16. The molecule has 0 aliphatic carbocycles. The van der Waals surface area contributed by atoms with Crippen molar-refractivity contribution in [3.63, 3.8) is 0 Å². The molecule has 2 aromatic rings. The number of nitrogens with zero attached hydrogens (tertiary/aromatic N) is 2. The van der Waals surface area contributed by atoms with Crippen molar-refractivity contribution in [2.24, 2.45) is 5.73 Å². The van der Waals surface area contributed by atoms with Gasteiger partial charge < -0.3 is 10.3 Å². The van der Waals surface area contributed by atoms with Gasteiger partial charge >= 0.3 is 0 Å². The molecule has 1 aromatic carbocycles. The van der Waals surface area contributed by atoms with Gasteiger partial charge in [-0.3, -0.25) is 0 Å². The van der Waals surface area contributed by atoms with E-state index in [1.54, 1.807) is 36.8 Å². The molecule has 0 unspecified atom stereocenters. The summed E-state index contributed by atoms with van der Waals surface area (Å²) >= 11 is 0. The number of nitrogens with two attached hydrogens (primary N) is 1. The predicted molar refractivity (Wildman–Crippen MR) is 69.3 cm³/mol. The second-order valence-electron chi connectivity index (χ2n) is 4.24. The zero-order valence-electron chi connectivity index (χ0n) is 10.2. The monoisotopic (exact) mass is 265 g/mol. The molecule has 18 heavy (non-hydrogen) atoms. The van der Waals surface area contributed by atoms with Crippen LogP contribution in [0.25, 0.3) is 5.69 Å². The van der Waals surface area contributed by atoms with E-state index < -0.39 is 9.84 Å². The third-order valence-electron chi connectivity index (χ3n) is 2.68. The summed E-state index contributed by atoms with van der Waals surface area (Å²) in [5.74, 6) is 0. The van der Waals surface area contributed by atoms with Gasteiger partial charge in [0, 0.05) is 18.0 Å². The normalized spacial score (nSPS) is 13.5. The lowest BCUT2D eigenvalue weighted by molar-refractivity contribution is 0.602. The molecule has 0 saturated carbocycles. The van der Waals surface area contributed by atoms with Crippen molar-refractivity contribution in [1.29, 1.82) is 0 Å². The summed E-state index contributed by atoms with van der Waals surface area (Å²) in [4.78, 5) is 4.36. The van der Waals surface area contributed by atoms with Crippen LogP contribution in [0.3, 0.4) is 0 Å². The molecule has 0 aliphatic heterocycles. The maximum absolute atomic E-state index is 11.4. The molecule has 6 heteroatoms. The quantitative estimate of drug-likeness (QED) is 0.907. The Labute approximate surface area is 106 Å². The molecular weight excluding hydrogens is 250 g/mol. The van der Waals surface area contributed by atoms with Gasteiger partial charge in [-0.15, -0.1) is 0 Å². The van der Waals surface area contributed by atoms with Crippen molar-refractivity contribution >= 4 is 9.84 Å². The molecule has 5 nitrogen and oxygen atoms in total. The molecule has 2 N–H and O–H groups in total. The number of hydrogen-bond acceptors (Lipinski definition) is 4. The molecule has 0 bridgehead atoms. The van der Waals surface area contributed by atoms with Crippen LogP contribution in [0.15, 0.2) is 41.7 Å². The number of imidazole rings is 1. The van der Waals surface area contributed by atoms with Crippen molar-refractivity contribution in [1.82, 2.24) is 9.55 Å². The predicted octanol–water partition coefficient (Wildman–Crippen LogP) is 1.30. The average Bonchev–Trinajstić information content (AvgIpc) is 2.77. The number of rotatable bonds is 3. The minimum atomic E-state index is -3.16.